The molecule has 1 aromatic carbocycles. The highest BCUT2D eigenvalue weighted by molar-refractivity contribution is 8.00. The Morgan fingerprint density at radius 1 is 1.38 bits per heavy atom. The monoisotopic (exact) mass is 350 g/mol. The number of hydrogen-bond acceptors (Lipinski definition) is 5. The van der Waals surface area contributed by atoms with Crippen LogP contribution in [0.25, 0.3) is 0 Å². The minimum absolute atomic E-state index is 0.0141. The van der Waals surface area contributed by atoms with E-state index in [2.05, 4.69) is 5.32 Å². The number of anilines is 1. The third kappa shape index (κ3) is 3.94. The topological polar surface area (TPSA) is 104 Å². The van der Waals surface area contributed by atoms with Crippen LogP contribution in [0.1, 0.15) is 18.9 Å². The predicted octanol–water partition coefficient (Wildman–Crippen LogP) is 0.949. The van der Waals surface area contributed by atoms with E-state index in [1.807, 2.05) is 19.1 Å². The van der Waals surface area contributed by atoms with Gasteiger partial charge in [0.25, 0.3) is 0 Å². The van der Waals surface area contributed by atoms with Crippen molar-refractivity contribution < 1.29 is 24.3 Å². The zero-order valence-electron chi connectivity index (χ0n) is 13.3. The van der Waals surface area contributed by atoms with Crippen LogP contribution in [0, 0.1) is 6.92 Å². The fourth-order valence-electron chi connectivity index (χ4n) is 2.43. The minimum atomic E-state index is -1.18. The van der Waals surface area contributed by atoms with Crippen molar-refractivity contribution in [2.45, 2.75) is 31.6 Å². The smallest absolute Gasteiger partial charge is 0.327 e. The summed E-state index contributed by atoms with van der Waals surface area (Å²) < 4.78 is 0. The highest BCUT2D eigenvalue weighted by atomic mass is 32.2. The average molecular weight is 350 g/mol. The van der Waals surface area contributed by atoms with Crippen LogP contribution in [0.15, 0.2) is 24.3 Å². The fourth-order valence-corrected chi connectivity index (χ4v) is 3.59. The van der Waals surface area contributed by atoms with E-state index in [1.165, 1.54) is 6.92 Å². The number of imide groups is 1. The third-order valence-corrected chi connectivity index (χ3v) is 4.90. The molecule has 0 unspecified atom stereocenters. The van der Waals surface area contributed by atoms with Crippen LogP contribution in [0.2, 0.25) is 0 Å². The highest BCUT2D eigenvalue weighted by Gasteiger charge is 2.40. The molecule has 3 amide bonds. The molecule has 0 aromatic heterocycles. The number of aryl methyl sites for hydroxylation is 1. The maximum atomic E-state index is 12.5. The van der Waals surface area contributed by atoms with Gasteiger partial charge in [-0.05, 0) is 18.6 Å². The van der Waals surface area contributed by atoms with E-state index in [-0.39, 0.29) is 24.0 Å². The van der Waals surface area contributed by atoms with Gasteiger partial charge in [-0.3, -0.25) is 14.4 Å². The second-order valence-corrected chi connectivity index (χ2v) is 6.71. The van der Waals surface area contributed by atoms with Gasteiger partial charge in [0.15, 0.2) is 0 Å². The van der Waals surface area contributed by atoms with E-state index in [1.54, 1.807) is 12.1 Å². The van der Waals surface area contributed by atoms with Crippen molar-refractivity contribution in [2.24, 2.45) is 0 Å². The normalized spacial score (nSPS) is 18.6. The summed E-state index contributed by atoms with van der Waals surface area (Å²) in [6.45, 7) is 3.04. The summed E-state index contributed by atoms with van der Waals surface area (Å²) in [5, 5.41) is 10.8. The number of nitrogens with one attached hydrogen (secondary N) is 1. The van der Waals surface area contributed by atoms with Crippen LogP contribution in [-0.4, -0.2) is 45.8 Å². The van der Waals surface area contributed by atoms with Crippen LogP contribution < -0.4 is 10.2 Å². The van der Waals surface area contributed by atoms with Gasteiger partial charge in [0, 0.05) is 19.1 Å². The van der Waals surface area contributed by atoms with Crippen molar-refractivity contribution in [1.82, 2.24) is 5.32 Å². The molecule has 1 heterocycles. The molecule has 1 saturated heterocycles. The van der Waals surface area contributed by atoms with Gasteiger partial charge in [0.05, 0.1) is 10.9 Å². The van der Waals surface area contributed by atoms with Gasteiger partial charge < -0.3 is 10.4 Å². The molecule has 24 heavy (non-hydrogen) atoms. The Bertz CT molecular complexity index is 691. The second-order valence-electron chi connectivity index (χ2n) is 5.47. The molecule has 7 nitrogen and oxygen atoms in total. The molecule has 0 aliphatic carbocycles. The number of carboxylic acid groups (broad SMARTS) is 1. The molecular formula is C16H18N2O5S. The molecule has 0 radical (unpaired) electrons. The van der Waals surface area contributed by atoms with Gasteiger partial charge >= 0.3 is 5.97 Å². The Hall–Kier alpha value is -2.35. The zero-order chi connectivity index (χ0) is 17.9. The molecule has 0 saturated carbocycles. The van der Waals surface area contributed by atoms with Gasteiger partial charge in [0.2, 0.25) is 17.7 Å². The maximum Gasteiger partial charge on any atom is 0.327 e. The summed E-state index contributed by atoms with van der Waals surface area (Å²) >= 11 is 1.07. The molecule has 2 rings (SSSR count). The van der Waals surface area contributed by atoms with Crippen molar-refractivity contribution >= 4 is 41.1 Å². The lowest BCUT2D eigenvalue weighted by atomic mass is 10.2. The first kappa shape index (κ1) is 18.0. The molecule has 8 heteroatoms. The summed E-state index contributed by atoms with van der Waals surface area (Å²) in [6.07, 6.45) is 0.0181. The van der Waals surface area contributed by atoms with E-state index in [4.69, 9.17) is 5.11 Å². The van der Waals surface area contributed by atoms with Gasteiger partial charge in [-0.1, -0.05) is 18.2 Å². The first-order valence-corrected chi connectivity index (χ1v) is 8.40. The van der Waals surface area contributed by atoms with Gasteiger partial charge in [-0.15, -0.1) is 11.8 Å². The number of carboxylic acids is 1. The standard InChI is InChI=1S/C16H18N2O5S/c1-9-5-3-4-6-12(9)18-14(20)7-13(15(18)21)24-8-11(16(22)23)17-10(2)19/h3-6,11,13H,7-8H2,1-2H3,(H,17,19)(H,22,23)/t11-,13-/m0/s1. The van der Waals surface area contributed by atoms with E-state index >= 15 is 0 Å². The van der Waals surface area contributed by atoms with Crippen molar-refractivity contribution in [3.8, 4) is 0 Å². The number of rotatable bonds is 6. The Kier molecular flexibility index (Phi) is 5.61. The van der Waals surface area contributed by atoms with E-state index < -0.39 is 23.2 Å². The number of benzene rings is 1. The number of thioether (sulfide) groups is 1. The quantitative estimate of drug-likeness (QED) is 0.740. The van der Waals surface area contributed by atoms with Crippen LogP contribution >= 0.6 is 11.8 Å². The number of carbonyl (C=O) groups is 4. The first-order valence-electron chi connectivity index (χ1n) is 7.35. The largest absolute Gasteiger partial charge is 0.480 e. The Balaban J connectivity index is 2.07. The summed E-state index contributed by atoms with van der Waals surface area (Å²) in [4.78, 5) is 48.0. The van der Waals surface area contributed by atoms with Crippen LogP contribution in [0.5, 0.6) is 0 Å². The van der Waals surface area contributed by atoms with Gasteiger partial charge in [0.1, 0.15) is 6.04 Å². The average Bonchev–Trinajstić information content (AvgIpc) is 2.78. The number of para-hydroxylation sites is 1. The molecule has 1 aromatic rings. The van der Waals surface area contributed by atoms with Crippen molar-refractivity contribution in [1.29, 1.82) is 0 Å². The lowest BCUT2D eigenvalue weighted by molar-refractivity contribution is -0.140. The zero-order valence-corrected chi connectivity index (χ0v) is 14.1. The molecule has 2 atom stereocenters. The van der Waals surface area contributed by atoms with E-state index in [0.29, 0.717) is 5.69 Å². The van der Waals surface area contributed by atoms with Crippen LogP contribution in [0.4, 0.5) is 5.69 Å². The minimum Gasteiger partial charge on any atom is -0.480 e. The maximum absolute atomic E-state index is 12.5. The fraction of sp³-hybridized carbons (Fsp3) is 0.375. The molecule has 128 valence electrons. The molecule has 1 aliphatic rings. The molecule has 1 fully saturated rings. The SMILES string of the molecule is CC(=O)N[C@@H](CS[C@H]1CC(=O)N(c2ccccc2C)C1=O)C(=O)O. The molecule has 1 aliphatic heterocycles. The lowest BCUT2D eigenvalue weighted by Gasteiger charge is -2.18. The van der Waals surface area contributed by atoms with E-state index in [0.717, 1.165) is 22.2 Å². The van der Waals surface area contributed by atoms with Crippen LogP contribution in [0.3, 0.4) is 0 Å². The van der Waals surface area contributed by atoms with Gasteiger partial charge in [-0.2, -0.15) is 0 Å². The van der Waals surface area contributed by atoms with Crippen molar-refractivity contribution in [3.63, 3.8) is 0 Å². The molecule has 0 spiro atoms. The summed E-state index contributed by atoms with van der Waals surface area (Å²) in [5.74, 6) is -2.28. The Labute approximate surface area is 143 Å². The number of amides is 3. The number of aliphatic carboxylic acids is 1. The lowest BCUT2D eigenvalue weighted by Crippen LogP contribution is -2.42. The number of hydrogen-bond donors (Lipinski definition) is 2. The Morgan fingerprint density at radius 2 is 2.04 bits per heavy atom. The van der Waals surface area contributed by atoms with Crippen LogP contribution in [-0.2, 0) is 19.2 Å². The summed E-state index contributed by atoms with van der Waals surface area (Å²) in [6, 6.07) is 5.99. The van der Waals surface area contributed by atoms with Gasteiger partial charge in [-0.25, -0.2) is 9.69 Å². The third-order valence-electron chi connectivity index (χ3n) is 3.60. The van der Waals surface area contributed by atoms with Crippen molar-refractivity contribution in [2.75, 3.05) is 10.7 Å². The highest BCUT2D eigenvalue weighted by Crippen LogP contribution is 2.31. The van der Waals surface area contributed by atoms with Crippen molar-refractivity contribution in [3.05, 3.63) is 29.8 Å². The first-order chi connectivity index (χ1) is 11.3. The predicted molar refractivity (Wildman–Crippen MR) is 89.8 cm³/mol. The number of nitrogens with zero attached hydrogens (tertiary/aromatic N) is 1. The Morgan fingerprint density at radius 3 is 2.62 bits per heavy atom. The molecule has 0 bridgehead atoms. The number of carbonyl (C=O) groups excluding carboxylic acids is 3. The molecule has 2 N–H and O–H groups in total. The molecular weight excluding hydrogens is 332 g/mol. The summed E-state index contributed by atoms with van der Waals surface area (Å²) in [7, 11) is 0. The van der Waals surface area contributed by atoms with E-state index in [9.17, 15) is 19.2 Å². The second kappa shape index (κ2) is 7.48. The summed E-state index contributed by atoms with van der Waals surface area (Å²) in [5.41, 5.74) is 1.36.